The second-order valence-electron chi connectivity index (χ2n) is 4.98. The molecule has 116 valence electrons. The van der Waals surface area contributed by atoms with E-state index < -0.39 is 11.8 Å². The molecule has 0 unspecified atom stereocenters. The largest absolute Gasteiger partial charge is 0.488 e. The molecule has 0 aliphatic carbocycles. The Morgan fingerprint density at radius 2 is 1.83 bits per heavy atom. The third-order valence-electron chi connectivity index (χ3n) is 3.52. The molecule has 0 radical (unpaired) electrons. The Bertz CT molecular complexity index is 852. The average molecular weight is 309 g/mol. The van der Waals surface area contributed by atoms with Gasteiger partial charge in [-0.2, -0.15) is 0 Å². The fourth-order valence-electron chi connectivity index (χ4n) is 2.39. The summed E-state index contributed by atoms with van der Waals surface area (Å²) in [6, 6.07) is 15.1. The first-order valence-corrected chi connectivity index (χ1v) is 7.10. The van der Waals surface area contributed by atoms with Crippen molar-refractivity contribution in [2.45, 2.75) is 6.61 Å². The molecule has 0 spiro atoms. The molecule has 1 N–H and O–H groups in total. The van der Waals surface area contributed by atoms with Gasteiger partial charge in [-0.25, -0.2) is 4.79 Å². The predicted octanol–water partition coefficient (Wildman–Crippen LogP) is 3.10. The monoisotopic (exact) mass is 309 g/mol. The highest BCUT2D eigenvalue weighted by molar-refractivity contribution is 6.43. The van der Waals surface area contributed by atoms with E-state index in [0.29, 0.717) is 17.7 Å². The molecule has 1 heterocycles. The summed E-state index contributed by atoms with van der Waals surface area (Å²) in [5, 5.41) is 0.582. The number of carbonyl (C=O) groups excluding carboxylic acids is 2. The van der Waals surface area contributed by atoms with E-state index in [1.165, 1.54) is 13.3 Å². The number of H-pyrrole nitrogens is 1. The van der Waals surface area contributed by atoms with E-state index in [-0.39, 0.29) is 5.56 Å². The Kier molecular flexibility index (Phi) is 4.10. The molecule has 3 rings (SSSR count). The second-order valence-corrected chi connectivity index (χ2v) is 4.98. The van der Waals surface area contributed by atoms with Crippen molar-refractivity contribution < 1.29 is 19.1 Å². The van der Waals surface area contributed by atoms with Crippen molar-refractivity contribution in [2.75, 3.05) is 7.11 Å². The molecule has 0 aliphatic heterocycles. The molecule has 23 heavy (non-hydrogen) atoms. The highest BCUT2D eigenvalue weighted by Gasteiger charge is 2.22. The first-order chi connectivity index (χ1) is 11.2. The first-order valence-electron chi connectivity index (χ1n) is 7.10. The Morgan fingerprint density at radius 3 is 2.57 bits per heavy atom. The van der Waals surface area contributed by atoms with E-state index >= 15 is 0 Å². The molecule has 0 bridgehead atoms. The normalized spacial score (nSPS) is 10.5. The molecule has 3 aromatic rings. The van der Waals surface area contributed by atoms with Crippen molar-refractivity contribution in [3.63, 3.8) is 0 Å². The molecular formula is C18H15NO4. The van der Waals surface area contributed by atoms with Gasteiger partial charge >= 0.3 is 5.97 Å². The van der Waals surface area contributed by atoms with Gasteiger partial charge in [-0.05, 0) is 17.7 Å². The molecule has 0 saturated carbocycles. The van der Waals surface area contributed by atoms with Crippen LogP contribution in [0.2, 0.25) is 0 Å². The summed E-state index contributed by atoms with van der Waals surface area (Å²) < 4.78 is 10.4. The smallest absolute Gasteiger partial charge is 0.379 e. The van der Waals surface area contributed by atoms with Crippen LogP contribution in [0.4, 0.5) is 0 Å². The fraction of sp³-hybridized carbons (Fsp3) is 0.111. The van der Waals surface area contributed by atoms with Crippen LogP contribution in [0.15, 0.2) is 54.7 Å². The highest BCUT2D eigenvalue weighted by Crippen LogP contribution is 2.30. The molecule has 5 heteroatoms. The van der Waals surface area contributed by atoms with Crippen molar-refractivity contribution in [1.82, 2.24) is 4.98 Å². The highest BCUT2D eigenvalue weighted by atomic mass is 16.5. The summed E-state index contributed by atoms with van der Waals surface area (Å²) in [6.45, 7) is 0.372. The van der Waals surface area contributed by atoms with Gasteiger partial charge < -0.3 is 14.5 Å². The van der Waals surface area contributed by atoms with E-state index in [2.05, 4.69) is 9.72 Å². The Balaban J connectivity index is 1.95. The molecular weight excluding hydrogens is 294 g/mol. The Morgan fingerprint density at radius 1 is 1.04 bits per heavy atom. The Labute approximate surface area is 132 Å². The van der Waals surface area contributed by atoms with Gasteiger partial charge in [0.15, 0.2) is 0 Å². The number of aromatic nitrogens is 1. The molecule has 0 amide bonds. The number of methoxy groups -OCH3 is 1. The van der Waals surface area contributed by atoms with E-state index in [1.807, 2.05) is 42.5 Å². The zero-order chi connectivity index (χ0) is 16.2. The topological polar surface area (TPSA) is 68.4 Å². The van der Waals surface area contributed by atoms with Gasteiger partial charge in [0.05, 0.1) is 18.1 Å². The number of ether oxygens (including phenoxy) is 2. The van der Waals surface area contributed by atoms with Gasteiger partial charge in [0.25, 0.3) is 5.78 Å². The van der Waals surface area contributed by atoms with Crippen LogP contribution in [0.5, 0.6) is 5.75 Å². The second kappa shape index (κ2) is 6.36. The zero-order valence-corrected chi connectivity index (χ0v) is 12.5. The van der Waals surface area contributed by atoms with Crippen LogP contribution in [0.3, 0.4) is 0 Å². The molecule has 0 saturated heterocycles. The number of rotatable bonds is 5. The number of esters is 1. The lowest BCUT2D eigenvalue weighted by molar-refractivity contribution is -0.135. The van der Waals surface area contributed by atoms with Crippen LogP contribution in [0, 0.1) is 0 Å². The minimum absolute atomic E-state index is 0.246. The Hall–Kier alpha value is -3.08. The van der Waals surface area contributed by atoms with Crippen LogP contribution < -0.4 is 4.74 Å². The maximum Gasteiger partial charge on any atom is 0.379 e. The summed E-state index contributed by atoms with van der Waals surface area (Å²) in [4.78, 5) is 26.6. The van der Waals surface area contributed by atoms with Crippen molar-refractivity contribution >= 4 is 22.7 Å². The lowest BCUT2D eigenvalue weighted by atomic mass is 10.1. The summed E-state index contributed by atoms with van der Waals surface area (Å²) >= 11 is 0. The fourth-order valence-corrected chi connectivity index (χ4v) is 2.39. The minimum atomic E-state index is -0.899. The van der Waals surface area contributed by atoms with Crippen molar-refractivity contribution in [3.8, 4) is 5.75 Å². The molecule has 0 aliphatic rings. The van der Waals surface area contributed by atoms with Gasteiger partial charge in [0.1, 0.15) is 12.4 Å². The average Bonchev–Trinajstić information content (AvgIpc) is 3.04. The molecule has 1 aromatic heterocycles. The molecule has 2 aromatic carbocycles. The summed E-state index contributed by atoms with van der Waals surface area (Å²) in [5.41, 5.74) is 1.99. The lowest BCUT2D eigenvalue weighted by Gasteiger charge is -2.08. The summed E-state index contributed by atoms with van der Waals surface area (Å²) in [7, 11) is 1.18. The third-order valence-corrected chi connectivity index (χ3v) is 3.52. The summed E-state index contributed by atoms with van der Waals surface area (Å²) in [6.07, 6.45) is 1.50. The number of carbonyl (C=O) groups is 2. The number of hydrogen-bond donors (Lipinski definition) is 1. The van der Waals surface area contributed by atoms with E-state index in [9.17, 15) is 9.59 Å². The summed E-state index contributed by atoms with van der Waals surface area (Å²) in [5.74, 6) is -1.06. The number of ketones is 1. The number of nitrogens with one attached hydrogen (secondary N) is 1. The SMILES string of the molecule is COC(=O)C(=O)c1c[nH]c2cccc(OCc3ccccc3)c12. The van der Waals surface area contributed by atoms with Crippen LogP contribution in [-0.2, 0) is 16.1 Å². The van der Waals surface area contributed by atoms with E-state index in [0.717, 1.165) is 11.1 Å². The molecule has 0 fully saturated rings. The van der Waals surface area contributed by atoms with Gasteiger partial charge in [0, 0.05) is 11.7 Å². The maximum absolute atomic E-state index is 12.1. The van der Waals surface area contributed by atoms with Crippen LogP contribution in [0.1, 0.15) is 15.9 Å². The predicted molar refractivity (Wildman–Crippen MR) is 85.4 cm³/mol. The third kappa shape index (κ3) is 2.94. The van der Waals surface area contributed by atoms with E-state index in [1.54, 1.807) is 6.07 Å². The van der Waals surface area contributed by atoms with E-state index in [4.69, 9.17) is 4.74 Å². The van der Waals surface area contributed by atoms with Gasteiger partial charge in [0.2, 0.25) is 0 Å². The standard InChI is InChI=1S/C18H15NO4/c1-22-18(21)17(20)13-10-19-14-8-5-9-15(16(13)14)23-11-12-6-3-2-4-7-12/h2-10,19H,11H2,1H3. The van der Waals surface area contributed by atoms with Gasteiger partial charge in [-0.15, -0.1) is 0 Å². The van der Waals surface area contributed by atoms with Crippen LogP contribution >= 0.6 is 0 Å². The first kappa shape index (κ1) is 14.8. The number of aromatic amines is 1. The molecule has 5 nitrogen and oxygen atoms in total. The van der Waals surface area contributed by atoms with Crippen molar-refractivity contribution in [3.05, 3.63) is 65.9 Å². The maximum atomic E-state index is 12.1. The van der Waals surface area contributed by atoms with Crippen LogP contribution in [-0.4, -0.2) is 23.8 Å². The molecule has 0 atom stereocenters. The number of hydrogen-bond acceptors (Lipinski definition) is 4. The van der Waals surface area contributed by atoms with Crippen LogP contribution in [0.25, 0.3) is 10.9 Å². The zero-order valence-electron chi connectivity index (χ0n) is 12.5. The number of Topliss-reactive ketones (excluding diaryl/α,β-unsaturated/α-hetero) is 1. The number of benzene rings is 2. The minimum Gasteiger partial charge on any atom is -0.488 e. The van der Waals surface area contributed by atoms with Crippen molar-refractivity contribution in [2.24, 2.45) is 0 Å². The van der Waals surface area contributed by atoms with Crippen molar-refractivity contribution in [1.29, 1.82) is 0 Å². The quantitative estimate of drug-likeness (QED) is 0.447. The van der Waals surface area contributed by atoms with Gasteiger partial charge in [-0.3, -0.25) is 4.79 Å². The lowest BCUT2D eigenvalue weighted by Crippen LogP contribution is -2.15. The number of fused-ring (bicyclic) bond motifs is 1. The van der Waals surface area contributed by atoms with Gasteiger partial charge in [-0.1, -0.05) is 36.4 Å².